The number of nitrogens with zero attached hydrogens (tertiary/aromatic N) is 2. The standard InChI is InChI=1S/C23H21N3O3S/c1-15-8-9-18(10-16(15)2)19-13-30-22-21(19)23(28)26(14-24-22)11-20(27)25-29-12-17-6-4-3-5-7-17/h3-10,13-14H,11-12H2,1-2H3,(H,25,27). The quantitative estimate of drug-likeness (QED) is 0.480. The van der Waals surface area contributed by atoms with Crippen molar-refractivity contribution in [2.45, 2.75) is 27.0 Å². The molecular weight excluding hydrogens is 398 g/mol. The number of fused-ring (bicyclic) bond motifs is 1. The molecule has 2 aromatic heterocycles. The van der Waals surface area contributed by atoms with Crippen LogP contribution in [0.5, 0.6) is 0 Å². The zero-order valence-corrected chi connectivity index (χ0v) is 17.5. The molecule has 0 fully saturated rings. The molecule has 2 aromatic carbocycles. The smallest absolute Gasteiger partial charge is 0.263 e. The predicted molar refractivity (Wildman–Crippen MR) is 118 cm³/mol. The second kappa shape index (κ2) is 8.61. The molecule has 0 atom stereocenters. The van der Waals surface area contributed by atoms with Crippen LogP contribution in [0.2, 0.25) is 0 Å². The first-order chi connectivity index (χ1) is 14.5. The van der Waals surface area contributed by atoms with Crippen LogP contribution in [0.1, 0.15) is 16.7 Å². The molecule has 7 heteroatoms. The maximum atomic E-state index is 13.1. The Morgan fingerprint density at radius 3 is 2.70 bits per heavy atom. The van der Waals surface area contributed by atoms with Gasteiger partial charge in [-0.05, 0) is 36.1 Å². The molecule has 0 radical (unpaired) electrons. The predicted octanol–water partition coefficient (Wildman–Crippen LogP) is 3.99. The Balaban J connectivity index is 1.53. The molecule has 0 bridgehead atoms. The molecule has 4 rings (SSSR count). The number of hydroxylamine groups is 1. The van der Waals surface area contributed by atoms with Gasteiger partial charge in [0, 0.05) is 10.9 Å². The fourth-order valence-electron chi connectivity index (χ4n) is 3.16. The minimum atomic E-state index is -0.419. The second-order valence-electron chi connectivity index (χ2n) is 7.11. The van der Waals surface area contributed by atoms with Gasteiger partial charge in [-0.3, -0.25) is 19.0 Å². The number of aryl methyl sites for hydroxylation is 2. The van der Waals surface area contributed by atoms with Crippen LogP contribution in [-0.4, -0.2) is 15.5 Å². The summed E-state index contributed by atoms with van der Waals surface area (Å²) < 4.78 is 1.31. The highest BCUT2D eigenvalue weighted by Gasteiger charge is 2.15. The second-order valence-corrected chi connectivity index (χ2v) is 7.96. The van der Waals surface area contributed by atoms with Crippen LogP contribution in [0.3, 0.4) is 0 Å². The summed E-state index contributed by atoms with van der Waals surface area (Å²) >= 11 is 1.42. The van der Waals surface area contributed by atoms with E-state index in [1.54, 1.807) is 0 Å². The highest BCUT2D eigenvalue weighted by atomic mass is 32.1. The molecule has 0 aliphatic rings. The SMILES string of the molecule is Cc1ccc(-c2csc3ncn(CC(=O)NOCc4ccccc4)c(=O)c23)cc1C. The third-order valence-corrected chi connectivity index (χ3v) is 5.85. The third-order valence-electron chi connectivity index (χ3n) is 4.96. The van der Waals surface area contributed by atoms with E-state index in [9.17, 15) is 9.59 Å². The fraction of sp³-hybridized carbons (Fsp3) is 0.174. The van der Waals surface area contributed by atoms with Crippen molar-refractivity contribution < 1.29 is 9.63 Å². The molecule has 30 heavy (non-hydrogen) atoms. The highest BCUT2D eigenvalue weighted by molar-refractivity contribution is 7.17. The molecule has 0 spiro atoms. The number of amides is 1. The number of hydrogen-bond acceptors (Lipinski definition) is 5. The summed E-state index contributed by atoms with van der Waals surface area (Å²) in [5.74, 6) is -0.419. The normalized spacial score (nSPS) is 11.0. The minimum absolute atomic E-state index is 0.168. The van der Waals surface area contributed by atoms with Gasteiger partial charge >= 0.3 is 0 Å². The summed E-state index contributed by atoms with van der Waals surface area (Å²) in [6.07, 6.45) is 1.40. The molecule has 4 aromatic rings. The molecule has 0 saturated heterocycles. The van der Waals surface area contributed by atoms with Gasteiger partial charge < -0.3 is 0 Å². The summed E-state index contributed by atoms with van der Waals surface area (Å²) in [5.41, 5.74) is 7.24. The Bertz CT molecular complexity index is 1260. The lowest BCUT2D eigenvalue weighted by molar-refractivity contribution is -0.135. The van der Waals surface area contributed by atoms with Crippen LogP contribution in [-0.2, 0) is 22.8 Å². The maximum Gasteiger partial charge on any atom is 0.263 e. The Morgan fingerprint density at radius 2 is 1.93 bits per heavy atom. The van der Waals surface area contributed by atoms with Crippen molar-refractivity contribution in [3.05, 3.63) is 87.3 Å². The van der Waals surface area contributed by atoms with Gasteiger partial charge in [0.05, 0.1) is 18.3 Å². The van der Waals surface area contributed by atoms with Crippen LogP contribution >= 0.6 is 11.3 Å². The van der Waals surface area contributed by atoms with E-state index < -0.39 is 5.91 Å². The number of carbonyl (C=O) groups excluding carboxylic acids is 1. The molecule has 0 saturated carbocycles. The summed E-state index contributed by atoms with van der Waals surface area (Å²) in [7, 11) is 0. The number of benzene rings is 2. The van der Waals surface area contributed by atoms with Crippen molar-refractivity contribution >= 4 is 27.5 Å². The molecule has 152 valence electrons. The van der Waals surface area contributed by atoms with E-state index in [0.29, 0.717) is 10.2 Å². The van der Waals surface area contributed by atoms with E-state index in [1.165, 1.54) is 27.8 Å². The zero-order chi connectivity index (χ0) is 21.1. The van der Waals surface area contributed by atoms with Gasteiger partial charge in [0.1, 0.15) is 11.4 Å². The number of nitrogens with one attached hydrogen (secondary N) is 1. The molecule has 1 amide bonds. The van der Waals surface area contributed by atoms with Crippen LogP contribution in [0.25, 0.3) is 21.3 Å². The Hall–Kier alpha value is -3.29. The third kappa shape index (κ3) is 4.17. The number of aromatic nitrogens is 2. The molecular formula is C23H21N3O3S. The number of hydrogen-bond donors (Lipinski definition) is 1. The van der Waals surface area contributed by atoms with E-state index >= 15 is 0 Å². The number of rotatable bonds is 6. The van der Waals surface area contributed by atoms with E-state index in [4.69, 9.17) is 4.84 Å². The summed E-state index contributed by atoms with van der Waals surface area (Å²) in [6, 6.07) is 15.6. The lowest BCUT2D eigenvalue weighted by Crippen LogP contribution is -2.32. The van der Waals surface area contributed by atoms with Crippen LogP contribution < -0.4 is 11.0 Å². The van der Waals surface area contributed by atoms with Gasteiger partial charge in [-0.2, -0.15) is 0 Å². The summed E-state index contributed by atoms with van der Waals surface area (Å²) in [5, 5.41) is 2.47. The van der Waals surface area contributed by atoms with Gasteiger partial charge in [0.2, 0.25) is 0 Å². The molecule has 6 nitrogen and oxygen atoms in total. The Labute approximate surface area is 177 Å². The van der Waals surface area contributed by atoms with E-state index in [1.807, 2.05) is 54.8 Å². The highest BCUT2D eigenvalue weighted by Crippen LogP contribution is 2.31. The Morgan fingerprint density at radius 1 is 1.13 bits per heavy atom. The van der Waals surface area contributed by atoms with Crippen molar-refractivity contribution in [2.24, 2.45) is 0 Å². The molecule has 2 heterocycles. The fourth-order valence-corrected chi connectivity index (χ4v) is 4.07. The lowest BCUT2D eigenvalue weighted by atomic mass is 10.0. The van der Waals surface area contributed by atoms with Gasteiger partial charge in [-0.15, -0.1) is 11.3 Å². The van der Waals surface area contributed by atoms with E-state index in [0.717, 1.165) is 22.3 Å². The van der Waals surface area contributed by atoms with Crippen molar-refractivity contribution in [3.63, 3.8) is 0 Å². The van der Waals surface area contributed by atoms with Gasteiger partial charge in [-0.1, -0.05) is 48.5 Å². The summed E-state index contributed by atoms with van der Waals surface area (Å²) in [6.45, 7) is 4.18. The zero-order valence-electron chi connectivity index (χ0n) is 16.7. The van der Waals surface area contributed by atoms with Crippen LogP contribution in [0.15, 0.2) is 65.0 Å². The van der Waals surface area contributed by atoms with Crippen LogP contribution in [0.4, 0.5) is 0 Å². The number of thiophene rings is 1. The first-order valence-corrected chi connectivity index (χ1v) is 10.4. The van der Waals surface area contributed by atoms with Gasteiger partial charge in [-0.25, -0.2) is 10.5 Å². The van der Waals surface area contributed by atoms with E-state index in [-0.39, 0.29) is 18.7 Å². The topological polar surface area (TPSA) is 73.2 Å². The number of carbonyl (C=O) groups is 1. The van der Waals surface area contributed by atoms with Crippen molar-refractivity contribution in [1.82, 2.24) is 15.0 Å². The average Bonchev–Trinajstić information content (AvgIpc) is 3.18. The van der Waals surface area contributed by atoms with Gasteiger partial charge in [0.25, 0.3) is 11.5 Å². The molecule has 0 aliphatic heterocycles. The molecule has 0 aliphatic carbocycles. The summed E-state index contributed by atoms with van der Waals surface area (Å²) in [4.78, 5) is 35.6. The Kier molecular flexibility index (Phi) is 5.74. The van der Waals surface area contributed by atoms with Crippen LogP contribution in [0, 0.1) is 13.8 Å². The maximum absolute atomic E-state index is 13.1. The van der Waals surface area contributed by atoms with Gasteiger partial charge in [0.15, 0.2) is 0 Å². The first kappa shape index (κ1) is 20.0. The largest absolute Gasteiger partial charge is 0.289 e. The average molecular weight is 420 g/mol. The van der Waals surface area contributed by atoms with Crippen molar-refractivity contribution in [3.8, 4) is 11.1 Å². The van der Waals surface area contributed by atoms with Crippen molar-refractivity contribution in [1.29, 1.82) is 0 Å². The monoisotopic (exact) mass is 419 g/mol. The van der Waals surface area contributed by atoms with Crippen molar-refractivity contribution in [2.75, 3.05) is 0 Å². The molecule has 1 N–H and O–H groups in total. The lowest BCUT2D eigenvalue weighted by Gasteiger charge is -2.08. The minimum Gasteiger partial charge on any atom is -0.289 e. The molecule has 0 unspecified atom stereocenters. The first-order valence-electron chi connectivity index (χ1n) is 9.52. The van der Waals surface area contributed by atoms with E-state index in [2.05, 4.69) is 23.5 Å².